The van der Waals surface area contributed by atoms with Gasteiger partial charge in [0.15, 0.2) is 0 Å². The maximum Gasteiger partial charge on any atom is 0.244 e. The average molecular weight is 470 g/mol. The van der Waals surface area contributed by atoms with Crippen molar-refractivity contribution >= 4 is 15.9 Å². The third kappa shape index (κ3) is 7.21. The van der Waals surface area contributed by atoms with Crippen LogP contribution in [-0.4, -0.2) is 39.4 Å². The highest BCUT2D eigenvalue weighted by Gasteiger charge is 2.27. The standard InChI is InChI=1S/C25H28FN3O3S/c1-29(2)18-21-14-12-20(13-15-21)17-27-25(30)23(16-19-8-4-3-5-9-19)28-33(31,32)24-11-7-6-10-22(24)26/h3-15,23,28H,16-18H2,1-2H3,(H,27,30). The molecule has 174 valence electrons. The lowest BCUT2D eigenvalue weighted by molar-refractivity contribution is -0.122. The summed E-state index contributed by atoms with van der Waals surface area (Å²) >= 11 is 0. The van der Waals surface area contributed by atoms with E-state index in [2.05, 4.69) is 14.9 Å². The van der Waals surface area contributed by atoms with Crippen LogP contribution in [0.3, 0.4) is 0 Å². The number of hydrogen-bond acceptors (Lipinski definition) is 4. The van der Waals surface area contributed by atoms with Gasteiger partial charge < -0.3 is 10.2 Å². The second kappa shape index (κ2) is 11.2. The molecule has 0 aromatic heterocycles. The molecule has 1 atom stereocenters. The molecule has 0 aliphatic rings. The Bertz CT molecular complexity index is 1170. The number of amides is 1. The predicted octanol–water partition coefficient (Wildman–Crippen LogP) is 3.09. The lowest BCUT2D eigenvalue weighted by Gasteiger charge is -2.19. The minimum Gasteiger partial charge on any atom is -0.351 e. The van der Waals surface area contributed by atoms with E-state index in [0.717, 1.165) is 29.3 Å². The fraction of sp³-hybridized carbons (Fsp3) is 0.240. The van der Waals surface area contributed by atoms with Gasteiger partial charge in [-0.1, -0.05) is 66.7 Å². The van der Waals surface area contributed by atoms with Crippen molar-refractivity contribution in [2.45, 2.75) is 30.4 Å². The molecule has 33 heavy (non-hydrogen) atoms. The Morgan fingerprint density at radius 1 is 0.879 bits per heavy atom. The molecule has 1 amide bonds. The molecule has 1 unspecified atom stereocenters. The summed E-state index contributed by atoms with van der Waals surface area (Å²) in [6.45, 7) is 1.05. The van der Waals surface area contributed by atoms with Crippen molar-refractivity contribution in [2.75, 3.05) is 14.1 Å². The summed E-state index contributed by atoms with van der Waals surface area (Å²) in [5.74, 6) is -1.36. The minimum absolute atomic E-state index is 0.127. The average Bonchev–Trinajstić information content (AvgIpc) is 2.78. The Kier molecular flexibility index (Phi) is 8.32. The third-order valence-electron chi connectivity index (χ3n) is 5.01. The number of nitrogens with zero attached hydrogens (tertiary/aromatic N) is 1. The topological polar surface area (TPSA) is 78.5 Å². The van der Waals surface area contributed by atoms with E-state index < -0.39 is 32.7 Å². The summed E-state index contributed by atoms with van der Waals surface area (Å²) < 4.78 is 42.1. The minimum atomic E-state index is -4.25. The van der Waals surface area contributed by atoms with Gasteiger partial charge in [-0.05, 0) is 49.3 Å². The van der Waals surface area contributed by atoms with E-state index in [0.29, 0.717) is 0 Å². The number of hydrogen-bond donors (Lipinski definition) is 2. The fourth-order valence-electron chi connectivity index (χ4n) is 3.39. The van der Waals surface area contributed by atoms with Crippen molar-refractivity contribution in [3.05, 3.63) is 101 Å². The number of sulfonamides is 1. The largest absolute Gasteiger partial charge is 0.351 e. The Labute approximate surface area is 194 Å². The maximum atomic E-state index is 14.1. The number of carbonyl (C=O) groups excluding carboxylic acids is 1. The molecule has 0 aliphatic carbocycles. The lowest BCUT2D eigenvalue weighted by atomic mass is 10.1. The van der Waals surface area contributed by atoms with Crippen molar-refractivity contribution in [1.29, 1.82) is 0 Å². The van der Waals surface area contributed by atoms with Crippen molar-refractivity contribution in [2.24, 2.45) is 0 Å². The summed E-state index contributed by atoms with van der Waals surface area (Å²) in [7, 11) is -0.267. The number of nitrogens with one attached hydrogen (secondary N) is 2. The zero-order valence-electron chi connectivity index (χ0n) is 18.7. The van der Waals surface area contributed by atoms with Crippen LogP contribution < -0.4 is 10.0 Å². The van der Waals surface area contributed by atoms with Crippen LogP contribution >= 0.6 is 0 Å². The van der Waals surface area contributed by atoms with Gasteiger partial charge in [0.1, 0.15) is 16.8 Å². The molecule has 0 bridgehead atoms. The van der Waals surface area contributed by atoms with E-state index in [1.807, 2.05) is 56.6 Å². The first-order valence-corrected chi connectivity index (χ1v) is 12.0. The van der Waals surface area contributed by atoms with Crippen LogP contribution in [0.4, 0.5) is 4.39 Å². The van der Waals surface area contributed by atoms with Gasteiger partial charge in [-0.15, -0.1) is 0 Å². The molecule has 0 spiro atoms. The molecule has 0 saturated heterocycles. The number of rotatable bonds is 10. The van der Waals surface area contributed by atoms with Gasteiger partial charge in [-0.25, -0.2) is 12.8 Å². The molecule has 0 saturated carbocycles. The Balaban J connectivity index is 1.74. The summed E-state index contributed by atoms with van der Waals surface area (Å²) in [5.41, 5.74) is 2.82. The molecule has 0 heterocycles. The maximum absolute atomic E-state index is 14.1. The first kappa shape index (κ1) is 24.6. The predicted molar refractivity (Wildman–Crippen MR) is 126 cm³/mol. The highest BCUT2D eigenvalue weighted by molar-refractivity contribution is 7.89. The number of halogens is 1. The molecule has 3 rings (SSSR count). The smallest absolute Gasteiger partial charge is 0.244 e. The van der Waals surface area contributed by atoms with Crippen molar-refractivity contribution in [1.82, 2.24) is 14.9 Å². The molecule has 2 N–H and O–H groups in total. The summed E-state index contributed by atoms with van der Waals surface area (Å²) in [4.78, 5) is 14.6. The van der Waals surface area contributed by atoms with Gasteiger partial charge in [0, 0.05) is 13.1 Å². The highest BCUT2D eigenvalue weighted by Crippen LogP contribution is 2.15. The molecule has 6 nitrogen and oxygen atoms in total. The van der Waals surface area contributed by atoms with Crippen molar-refractivity contribution in [3.63, 3.8) is 0 Å². The summed E-state index contributed by atoms with van der Waals surface area (Å²) in [5, 5.41) is 2.80. The zero-order chi connectivity index (χ0) is 23.8. The highest BCUT2D eigenvalue weighted by atomic mass is 32.2. The van der Waals surface area contributed by atoms with Gasteiger partial charge in [0.2, 0.25) is 15.9 Å². The van der Waals surface area contributed by atoms with Gasteiger partial charge in [-0.2, -0.15) is 4.72 Å². The first-order chi connectivity index (χ1) is 15.7. The lowest BCUT2D eigenvalue weighted by Crippen LogP contribution is -2.47. The van der Waals surface area contributed by atoms with Crippen molar-refractivity contribution < 1.29 is 17.6 Å². The van der Waals surface area contributed by atoms with E-state index in [4.69, 9.17) is 0 Å². The van der Waals surface area contributed by atoms with Crippen LogP contribution in [0, 0.1) is 5.82 Å². The Hall–Kier alpha value is -3.07. The quantitative estimate of drug-likeness (QED) is 0.478. The van der Waals surface area contributed by atoms with Gasteiger partial charge in [-0.3, -0.25) is 4.79 Å². The van der Waals surface area contributed by atoms with Crippen LogP contribution in [0.25, 0.3) is 0 Å². The molecule has 3 aromatic carbocycles. The van der Waals surface area contributed by atoms with E-state index in [1.165, 1.54) is 18.2 Å². The summed E-state index contributed by atoms with van der Waals surface area (Å²) in [6.07, 6.45) is 0.127. The van der Waals surface area contributed by atoms with Crippen molar-refractivity contribution in [3.8, 4) is 0 Å². The van der Waals surface area contributed by atoms with Crippen LogP contribution in [0.2, 0.25) is 0 Å². The molecule has 0 aliphatic heterocycles. The molecular weight excluding hydrogens is 441 g/mol. The van der Waals surface area contributed by atoms with Crippen LogP contribution in [-0.2, 0) is 34.3 Å². The summed E-state index contributed by atoms with van der Waals surface area (Å²) in [6, 6.07) is 20.9. The molecular formula is C25H28FN3O3S. The monoisotopic (exact) mass is 469 g/mol. The first-order valence-electron chi connectivity index (χ1n) is 10.6. The van der Waals surface area contributed by atoms with E-state index in [1.54, 1.807) is 12.1 Å². The SMILES string of the molecule is CN(C)Cc1ccc(CNC(=O)C(Cc2ccccc2)NS(=O)(=O)c2ccccc2F)cc1. The Morgan fingerprint density at radius 3 is 2.12 bits per heavy atom. The third-order valence-corrected chi connectivity index (χ3v) is 6.52. The number of carbonyl (C=O) groups is 1. The fourth-order valence-corrected chi connectivity index (χ4v) is 4.67. The van der Waals surface area contributed by atoms with E-state index in [-0.39, 0.29) is 13.0 Å². The number of benzene rings is 3. The molecule has 3 aromatic rings. The van der Waals surface area contributed by atoms with Crippen LogP contribution in [0.15, 0.2) is 83.8 Å². The zero-order valence-corrected chi connectivity index (χ0v) is 19.5. The second-order valence-electron chi connectivity index (χ2n) is 8.07. The van der Waals surface area contributed by atoms with Gasteiger partial charge >= 0.3 is 0 Å². The van der Waals surface area contributed by atoms with Gasteiger partial charge in [0.25, 0.3) is 0 Å². The van der Waals surface area contributed by atoms with Crippen LogP contribution in [0.5, 0.6) is 0 Å². The van der Waals surface area contributed by atoms with E-state index in [9.17, 15) is 17.6 Å². The van der Waals surface area contributed by atoms with Gasteiger partial charge in [0.05, 0.1) is 0 Å². The molecule has 8 heteroatoms. The van der Waals surface area contributed by atoms with E-state index >= 15 is 0 Å². The van der Waals surface area contributed by atoms with Crippen LogP contribution in [0.1, 0.15) is 16.7 Å². The normalized spacial score (nSPS) is 12.5. The molecule has 0 radical (unpaired) electrons. The Morgan fingerprint density at radius 2 is 1.48 bits per heavy atom. The molecule has 0 fully saturated rings. The second-order valence-corrected chi connectivity index (χ2v) is 9.75.